The van der Waals surface area contributed by atoms with Gasteiger partial charge in [-0.2, -0.15) is 5.10 Å². The zero-order chi connectivity index (χ0) is 18.6. The van der Waals surface area contributed by atoms with Crippen molar-refractivity contribution < 1.29 is 19.0 Å². The molecule has 0 aliphatic carbocycles. The number of carbonyl (C=O) groups is 1. The van der Waals surface area contributed by atoms with Gasteiger partial charge < -0.3 is 14.2 Å². The Labute approximate surface area is 152 Å². The summed E-state index contributed by atoms with van der Waals surface area (Å²) in [6, 6.07) is 13.1. The van der Waals surface area contributed by atoms with Crippen molar-refractivity contribution in [1.82, 2.24) is 5.43 Å². The first-order chi connectivity index (χ1) is 12.5. The highest BCUT2D eigenvalue weighted by Crippen LogP contribution is 2.41. The first-order valence-corrected chi connectivity index (χ1v) is 8.36. The molecule has 0 atom stereocenters. The van der Waals surface area contributed by atoms with Crippen molar-refractivity contribution in [3.05, 3.63) is 53.6 Å². The highest BCUT2D eigenvalue weighted by atomic mass is 16.5. The maximum absolute atomic E-state index is 11.9. The Kier molecular flexibility index (Phi) is 5.11. The number of hydrogen-bond acceptors (Lipinski definition) is 5. The minimum Gasteiger partial charge on any atom is -0.497 e. The molecule has 136 valence electrons. The normalized spacial score (nSPS) is 14.6. The number of amides is 1. The molecule has 2 aromatic carbocycles. The molecule has 26 heavy (non-hydrogen) atoms. The molecule has 1 amide bonds. The van der Waals surface area contributed by atoms with E-state index in [4.69, 9.17) is 14.2 Å². The predicted molar refractivity (Wildman–Crippen MR) is 99.1 cm³/mol. The van der Waals surface area contributed by atoms with E-state index in [1.807, 2.05) is 50.2 Å². The summed E-state index contributed by atoms with van der Waals surface area (Å²) < 4.78 is 16.7. The van der Waals surface area contributed by atoms with Crippen molar-refractivity contribution in [2.75, 3.05) is 13.7 Å². The lowest BCUT2D eigenvalue weighted by Crippen LogP contribution is -2.26. The van der Waals surface area contributed by atoms with Crippen LogP contribution in [0.3, 0.4) is 0 Å². The molecular weight excluding hydrogens is 332 g/mol. The van der Waals surface area contributed by atoms with Crippen molar-refractivity contribution >= 4 is 12.1 Å². The molecule has 6 heteroatoms. The third-order valence-electron chi connectivity index (χ3n) is 3.91. The third-order valence-corrected chi connectivity index (χ3v) is 3.91. The van der Waals surface area contributed by atoms with Gasteiger partial charge in [-0.15, -0.1) is 0 Å². The average molecular weight is 354 g/mol. The maximum Gasteiger partial charge on any atom is 0.277 e. The van der Waals surface area contributed by atoms with Crippen LogP contribution < -0.4 is 19.6 Å². The number of carbonyl (C=O) groups excluding carboxylic acids is 1. The van der Waals surface area contributed by atoms with Gasteiger partial charge in [0.1, 0.15) is 11.4 Å². The van der Waals surface area contributed by atoms with Crippen molar-refractivity contribution in [3.8, 4) is 17.2 Å². The van der Waals surface area contributed by atoms with Crippen molar-refractivity contribution in [3.63, 3.8) is 0 Å². The summed E-state index contributed by atoms with van der Waals surface area (Å²) in [5.41, 5.74) is 4.10. The monoisotopic (exact) mass is 354 g/mol. The molecular formula is C20H22N2O4. The van der Waals surface area contributed by atoms with E-state index >= 15 is 0 Å². The number of methoxy groups -OCH3 is 1. The second-order valence-corrected chi connectivity index (χ2v) is 6.64. The zero-order valence-electron chi connectivity index (χ0n) is 15.1. The highest BCUT2D eigenvalue weighted by Gasteiger charge is 2.32. The number of fused-ring (bicyclic) bond motifs is 1. The van der Waals surface area contributed by atoms with Crippen LogP contribution in [0.1, 0.15) is 25.0 Å². The van der Waals surface area contributed by atoms with Crippen LogP contribution >= 0.6 is 0 Å². The van der Waals surface area contributed by atoms with E-state index < -0.39 is 0 Å². The Hall–Kier alpha value is -3.02. The molecule has 1 heterocycles. The number of rotatable bonds is 6. The van der Waals surface area contributed by atoms with E-state index in [0.29, 0.717) is 11.5 Å². The minimum absolute atomic E-state index is 0.143. The second kappa shape index (κ2) is 7.47. The Morgan fingerprint density at radius 2 is 2.12 bits per heavy atom. The number of hydrogen-bond donors (Lipinski definition) is 1. The van der Waals surface area contributed by atoms with Gasteiger partial charge in [0.25, 0.3) is 5.91 Å². The Balaban J connectivity index is 1.54. The zero-order valence-corrected chi connectivity index (χ0v) is 15.1. The summed E-state index contributed by atoms with van der Waals surface area (Å²) in [5, 5.41) is 3.93. The van der Waals surface area contributed by atoms with E-state index in [9.17, 15) is 4.79 Å². The number of nitrogens with one attached hydrogen (secondary N) is 1. The molecule has 6 nitrogen and oxygen atoms in total. The maximum atomic E-state index is 11.9. The van der Waals surface area contributed by atoms with Crippen LogP contribution in [0.15, 0.2) is 47.6 Å². The van der Waals surface area contributed by atoms with Crippen LogP contribution in [0.25, 0.3) is 0 Å². The minimum atomic E-state index is -0.348. The first kappa shape index (κ1) is 17.8. The first-order valence-electron chi connectivity index (χ1n) is 8.36. The van der Waals surface area contributed by atoms with Crippen LogP contribution in [0.4, 0.5) is 0 Å². The lowest BCUT2D eigenvalue weighted by atomic mass is 10.0. The highest BCUT2D eigenvalue weighted by molar-refractivity contribution is 5.83. The topological polar surface area (TPSA) is 69.2 Å². The third kappa shape index (κ3) is 4.33. The summed E-state index contributed by atoms with van der Waals surface area (Å²) in [5.74, 6) is 1.66. The number of ether oxygens (including phenoxy) is 3. The van der Waals surface area contributed by atoms with E-state index in [-0.39, 0.29) is 18.1 Å². The number of hydrazone groups is 1. The van der Waals surface area contributed by atoms with Gasteiger partial charge in [0.2, 0.25) is 0 Å². The Morgan fingerprint density at radius 3 is 2.92 bits per heavy atom. The van der Waals surface area contributed by atoms with Gasteiger partial charge in [-0.05, 0) is 37.6 Å². The van der Waals surface area contributed by atoms with Crippen LogP contribution in [-0.2, 0) is 11.2 Å². The molecule has 2 aromatic rings. The lowest BCUT2D eigenvalue weighted by molar-refractivity contribution is -0.123. The summed E-state index contributed by atoms with van der Waals surface area (Å²) in [7, 11) is 1.60. The summed E-state index contributed by atoms with van der Waals surface area (Å²) in [6.45, 7) is 3.91. The molecule has 1 N–H and O–H groups in total. The molecule has 3 rings (SSSR count). The largest absolute Gasteiger partial charge is 0.497 e. The van der Waals surface area contributed by atoms with Crippen molar-refractivity contribution in [2.45, 2.75) is 25.9 Å². The van der Waals surface area contributed by atoms with E-state index in [0.717, 1.165) is 23.3 Å². The molecule has 0 saturated carbocycles. The predicted octanol–water partition coefficient (Wildman–Crippen LogP) is 2.94. The van der Waals surface area contributed by atoms with E-state index in [2.05, 4.69) is 10.5 Å². The lowest BCUT2D eigenvalue weighted by Gasteiger charge is -2.18. The molecule has 0 aromatic heterocycles. The summed E-state index contributed by atoms with van der Waals surface area (Å²) in [4.78, 5) is 11.9. The van der Waals surface area contributed by atoms with Crippen LogP contribution in [0.5, 0.6) is 17.2 Å². The molecule has 0 unspecified atom stereocenters. The number of benzene rings is 2. The van der Waals surface area contributed by atoms with E-state index in [1.165, 1.54) is 0 Å². The molecule has 0 saturated heterocycles. The second-order valence-electron chi connectivity index (χ2n) is 6.64. The molecule has 0 radical (unpaired) electrons. The SMILES string of the molecule is COc1cccc(C=NNC(=O)COc2cccc3c2OC(C)(C)C3)c1. The standard InChI is InChI=1S/C20H22N2O4/c1-20(2)11-15-7-5-9-17(19(15)26-20)25-13-18(23)22-21-12-14-6-4-8-16(10-14)24-3/h4-10,12H,11,13H2,1-3H3,(H,22,23). The van der Waals surface area contributed by atoms with Crippen LogP contribution in [0.2, 0.25) is 0 Å². The molecule has 0 spiro atoms. The molecule has 0 fully saturated rings. The van der Waals surface area contributed by atoms with Gasteiger partial charge in [-0.25, -0.2) is 5.43 Å². The molecule has 0 bridgehead atoms. The van der Waals surface area contributed by atoms with E-state index in [1.54, 1.807) is 19.4 Å². The fourth-order valence-electron chi connectivity index (χ4n) is 2.78. The number of para-hydroxylation sites is 1. The summed E-state index contributed by atoms with van der Waals surface area (Å²) in [6.07, 6.45) is 2.36. The molecule has 1 aliphatic heterocycles. The average Bonchev–Trinajstić information content (AvgIpc) is 2.94. The van der Waals surface area contributed by atoms with Crippen molar-refractivity contribution in [2.24, 2.45) is 5.10 Å². The Bertz CT molecular complexity index is 830. The van der Waals surface area contributed by atoms with Gasteiger partial charge in [0.05, 0.1) is 13.3 Å². The van der Waals surface area contributed by atoms with Crippen molar-refractivity contribution in [1.29, 1.82) is 0 Å². The molecule has 1 aliphatic rings. The van der Waals surface area contributed by atoms with Gasteiger partial charge in [0, 0.05) is 12.0 Å². The fraction of sp³-hybridized carbons (Fsp3) is 0.300. The quantitative estimate of drug-likeness (QED) is 0.640. The van der Waals surface area contributed by atoms with Crippen LogP contribution in [0, 0.1) is 0 Å². The van der Waals surface area contributed by atoms with Crippen LogP contribution in [-0.4, -0.2) is 31.4 Å². The van der Waals surface area contributed by atoms with Gasteiger partial charge in [0.15, 0.2) is 18.1 Å². The Morgan fingerprint density at radius 1 is 1.31 bits per heavy atom. The van der Waals surface area contributed by atoms with Gasteiger partial charge in [-0.1, -0.05) is 24.3 Å². The number of nitrogens with zero attached hydrogens (tertiary/aromatic N) is 1. The van der Waals surface area contributed by atoms with Gasteiger partial charge >= 0.3 is 0 Å². The smallest absolute Gasteiger partial charge is 0.277 e. The summed E-state index contributed by atoms with van der Waals surface area (Å²) >= 11 is 0. The van der Waals surface area contributed by atoms with Gasteiger partial charge in [-0.3, -0.25) is 4.79 Å². The fourth-order valence-corrected chi connectivity index (χ4v) is 2.78.